The molecule has 3 aromatic rings. The molecule has 29 heavy (non-hydrogen) atoms. The molecule has 5 nitrogen and oxygen atoms in total. The van der Waals surface area contributed by atoms with E-state index >= 15 is 0 Å². The van der Waals surface area contributed by atoms with Gasteiger partial charge in [0.25, 0.3) is 0 Å². The number of carbonyl (C=O) groups excluding carboxylic acids is 1. The molecular weight excluding hydrogens is 362 g/mol. The third-order valence-electron chi connectivity index (χ3n) is 5.41. The lowest BCUT2D eigenvalue weighted by molar-refractivity contribution is -0.131. The number of anilines is 1. The van der Waals surface area contributed by atoms with E-state index in [0.29, 0.717) is 13.0 Å². The zero-order chi connectivity index (χ0) is 20.1. The van der Waals surface area contributed by atoms with Crippen molar-refractivity contribution in [2.45, 2.75) is 19.8 Å². The van der Waals surface area contributed by atoms with Gasteiger partial charge in [0.1, 0.15) is 11.6 Å². The van der Waals surface area contributed by atoms with Gasteiger partial charge in [-0.2, -0.15) is 0 Å². The Morgan fingerprint density at radius 1 is 1.00 bits per heavy atom. The van der Waals surface area contributed by atoms with Crippen LogP contribution in [0.4, 0.5) is 5.82 Å². The largest absolute Gasteiger partial charge is 0.494 e. The van der Waals surface area contributed by atoms with Gasteiger partial charge in [-0.3, -0.25) is 4.79 Å². The highest BCUT2D eigenvalue weighted by Gasteiger charge is 2.22. The van der Waals surface area contributed by atoms with Crippen molar-refractivity contribution in [3.05, 3.63) is 66.2 Å². The summed E-state index contributed by atoms with van der Waals surface area (Å²) < 4.78 is 5.68. The fourth-order valence-electron chi connectivity index (χ4n) is 3.77. The molecule has 1 aromatic heterocycles. The van der Waals surface area contributed by atoms with E-state index in [9.17, 15) is 4.79 Å². The van der Waals surface area contributed by atoms with Crippen LogP contribution in [0.3, 0.4) is 0 Å². The fraction of sp³-hybridized carbons (Fsp3) is 0.333. The molecule has 0 spiro atoms. The highest BCUT2D eigenvalue weighted by atomic mass is 16.5. The number of piperazine rings is 1. The highest BCUT2D eigenvalue weighted by molar-refractivity contribution is 5.84. The van der Waals surface area contributed by atoms with E-state index in [2.05, 4.69) is 30.0 Å². The zero-order valence-electron chi connectivity index (χ0n) is 16.9. The predicted octanol–water partition coefficient (Wildman–Crippen LogP) is 4.05. The summed E-state index contributed by atoms with van der Waals surface area (Å²) in [5.74, 6) is 2.07. The molecule has 150 valence electrons. The summed E-state index contributed by atoms with van der Waals surface area (Å²) in [7, 11) is 0. The summed E-state index contributed by atoms with van der Waals surface area (Å²) in [6.07, 6.45) is 1.26. The second-order valence-electron chi connectivity index (χ2n) is 7.45. The van der Waals surface area contributed by atoms with Crippen LogP contribution in [0, 0.1) is 6.92 Å². The van der Waals surface area contributed by atoms with Crippen molar-refractivity contribution in [2.75, 3.05) is 37.7 Å². The van der Waals surface area contributed by atoms with Crippen LogP contribution in [0.15, 0.2) is 60.7 Å². The van der Waals surface area contributed by atoms with Gasteiger partial charge >= 0.3 is 0 Å². The quantitative estimate of drug-likeness (QED) is 0.597. The molecule has 2 heterocycles. The average molecular weight is 389 g/mol. The van der Waals surface area contributed by atoms with Crippen LogP contribution in [-0.4, -0.2) is 48.6 Å². The minimum Gasteiger partial charge on any atom is -0.494 e. The number of rotatable bonds is 6. The summed E-state index contributed by atoms with van der Waals surface area (Å²) in [4.78, 5) is 21.6. The molecule has 0 saturated carbocycles. The molecule has 1 aliphatic heterocycles. The molecule has 2 aromatic carbocycles. The number of pyridine rings is 1. The number of amides is 1. The standard InChI is InChI=1S/C24H27N3O2/c1-19-18-23(25-22-11-6-5-10-21(19)22)26-13-15-27(16-14-26)24(28)12-7-17-29-20-8-3-2-4-9-20/h2-6,8-11,18H,7,12-17H2,1H3. The lowest BCUT2D eigenvalue weighted by Gasteiger charge is -2.35. The number of fused-ring (bicyclic) bond motifs is 1. The Morgan fingerprint density at radius 3 is 2.52 bits per heavy atom. The first kappa shape index (κ1) is 19.2. The molecule has 5 heteroatoms. The maximum absolute atomic E-state index is 12.5. The third kappa shape index (κ3) is 4.67. The SMILES string of the molecule is Cc1cc(N2CCN(C(=O)CCCOc3ccccc3)CC2)nc2ccccc12. The van der Waals surface area contributed by atoms with Crippen LogP contribution < -0.4 is 9.64 Å². The van der Waals surface area contributed by atoms with Gasteiger partial charge < -0.3 is 14.5 Å². The molecule has 1 saturated heterocycles. The van der Waals surface area contributed by atoms with Gasteiger partial charge in [0.15, 0.2) is 0 Å². The van der Waals surface area contributed by atoms with E-state index in [-0.39, 0.29) is 5.91 Å². The van der Waals surface area contributed by atoms with E-state index in [1.54, 1.807) is 0 Å². The van der Waals surface area contributed by atoms with Crippen molar-refractivity contribution in [3.63, 3.8) is 0 Å². The molecule has 0 aliphatic carbocycles. The topological polar surface area (TPSA) is 45.7 Å². The highest BCUT2D eigenvalue weighted by Crippen LogP contribution is 2.23. The number of ether oxygens (including phenoxy) is 1. The Bertz CT molecular complexity index is 966. The van der Waals surface area contributed by atoms with E-state index < -0.39 is 0 Å². The Hall–Kier alpha value is -3.08. The summed E-state index contributed by atoms with van der Waals surface area (Å²) in [5, 5.41) is 1.20. The van der Waals surface area contributed by atoms with Crippen molar-refractivity contribution in [1.82, 2.24) is 9.88 Å². The number of aryl methyl sites for hydroxylation is 1. The first-order valence-corrected chi connectivity index (χ1v) is 10.3. The summed E-state index contributed by atoms with van der Waals surface area (Å²) in [6, 6.07) is 20.1. The number of hydrogen-bond donors (Lipinski definition) is 0. The average Bonchev–Trinajstić information content (AvgIpc) is 2.77. The zero-order valence-corrected chi connectivity index (χ0v) is 16.9. The van der Waals surface area contributed by atoms with Gasteiger partial charge in [-0.1, -0.05) is 36.4 Å². The summed E-state index contributed by atoms with van der Waals surface area (Å²) in [6.45, 7) is 5.81. The Labute approximate surface area is 171 Å². The molecule has 1 fully saturated rings. The van der Waals surface area contributed by atoms with Crippen LogP contribution in [0.2, 0.25) is 0 Å². The van der Waals surface area contributed by atoms with Crippen molar-refractivity contribution in [2.24, 2.45) is 0 Å². The number of para-hydroxylation sites is 2. The van der Waals surface area contributed by atoms with Crippen molar-refractivity contribution in [1.29, 1.82) is 0 Å². The Balaban J connectivity index is 1.26. The van der Waals surface area contributed by atoms with Gasteiger partial charge in [-0.15, -0.1) is 0 Å². The fourth-order valence-corrected chi connectivity index (χ4v) is 3.77. The van der Waals surface area contributed by atoms with Gasteiger partial charge in [0.05, 0.1) is 12.1 Å². The second kappa shape index (κ2) is 8.95. The minimum absolute atomic E-state index is 0.212. The van der Waals surface area contributed by atoms with Crippen LogP contribution in [0.5, 0.6) is 5.75 Å². The molecule has 0 N–H and O–H groups in total. The maximum Gasteiger partial charge on any atom is 0.222 e. The Kier molecular flexibility index (Phi) is 5.94. The molecular formula is C24H27N3O2. The summed E-state index contributed by atoms with van der Waals surface area (Å²) in [5.41, 5.74) is 2.27. The van der Waals surface area contributed by atoms with Crippen LogP contribution in [0.1, 0.15) is 18.4 Å². The molecule has 0 radical (unpaired) electrons. The molecule has 0 atom stereocenters. The molecule has 4 rings (SSSR count). The lowest BCUT2D eigenvalue weighted by Crippen LogP contribution is -2.49. The maximum atomic E-state index is 12.5. The van der Waals surface area contributed by atoms with E-state index in [1.807, 2.05) is 47.4 Å². The normalized spacial score (nSPS) is 14.2. The number of carbonyl (C=O) groups is 1. The number of aromatic nitrogens is 1. The molecule has 0 bridgehead atoms. The van der Waals surface area contributed by atoms with Gasteiger partial charge in [0.2, 0.25) is 5.91 Å². The first-order chi connectivity index (χ1) is 14.2. The first-order valence-electron chi connectivity index (χ1n) is 10.3. The van der Waals surface area contributed by atoms with E-state index in [1.165, 1.54) is 10.9 Å². The minimum atomic E-state index is 0.212. The van der Waals surface area contributed by atoms with E-state index in [4.69, 9.17) is 9.72 Å². The van der Waals surface area contributed by atoms with Gasteiger partial charge in [-0.25, -0.2) is 4.98 Å². The lowest BCUT2D eigenvalue weighted by atomic mass is 10.1. The van der Waals surface area contributed by atoms with Crippen molar-refractivity contribution in [3.8, 4) is 5.75 Å². The predicted molar refractivity (Wildman–Crippen MR) is 116 cm³/mol. The molecule has 1 aliphatic rings. The second-order valence-corrected chi connectivity index (χ2v) is 7.45. The number of nitrogens with zero attached hydrogens (tertiary/aromatic N) is 3. The van der Waals surface area contributed by atoms with Gasteiger partial charge in [0, 0.05) is 38.0 Å². The third-order valence-corrected chi connectivity index (χ3v) is 5.41. The van der Waals surface area contributed by atoms with Crippen molar-refractivity contribution < 1.29 is 9.53 Å². The van der Waals surface area contributed by atoms with Crippen molar-refractivity contribution >= 4 is 22.6 Å². The smallest absolute Gasteiger partial charge is 0.222 e. The summed E-state index contributed by atoms with van der Waals surface area (Å²) >= 11 is 0. The Morgan fingerprint density at radius 2 is 1.72 bits per heavy atom. The molecule has 1 amide bonds. The van der Waals surface area contributed by atoms with Gasteiger partial charge in [-0.05, 0) is 43.2 Å². The monoisotopic (exact) mass is 389 g/mol. The number of benzene rings is 2. The van der Waals surface area contributed by atoms with Crippen LogP contribution >= 0.6 is 0 Å². The molecule has 0 unspecified atom stereocenters. The van der Waals surface area contributed by atoms with E-state index in [0.717, 1.165) is 49.7 Å². The van der Waals surface area contributed by atoms with Crippen LogP contribution in [0.25, 0.3) is 10.9 Å². The number of hydrogen-bond acceptors (Lipinski definition) is 4. The van der Waals surface area contributed by atoms with Crippen LogP contribution in [-0.2, 0) is 4.79 Å².